The van der Waals surface area contributed by atoms with E-state index in [1.54, 1.807) is 0 Å². The molecule has 0 atom stereocenters. The lowest BCUT2D eigenvalue weighted by molar-refractivity contribution is 0.319. The van der Waals surface area contributed by atoms with Crippen molar-refractivity contribution in [3.8, 4) is 5.75 Å². The molecular formula is C18H23NO. The Balaban J connectivity index is 2.07. The highest BCUT2D eigenvalue weighted by atomic mass is 16.5. The number of rotatable bonds is 6. The molecule has 20 heavy (non-hydrogen) atoms. The molecule has 0 unspecified atom stereocenters. The molecule has 0 aromatic heterocycles. The highest BCUT2D eigenvalue weighted by Gasteiger charge is 2.04. The molecule has 2 nitrogen and oxygen atoms in total. The van der Waals surface area contributed by atoms with E-state index < -0.39 is 0 Å². The summed E-state index contributed by atoms with van der Waals surface area (Å²) in [5.41, 5.74) is 4.87. The van der Waals surface area contributed by atoms with E-state index in [4.69, 9.17) is 4.74 Å². The quantitative estimate of drug-likeness (QED) is 0.820. The first-order valence-electron chi connectivity index (χ1n) is 7.22. The maximum Gasteiger partial charge on any atom is 0.142 e. The molecule has 0 radical (unpaired) electrons. The Morgan fingerprint density at radius 3 is 2.35 bits per heavy atom. The molecule has 2 heteroatoms. The van der Waals surface area contributed by atoms with Gasteiger partial charge in [-0.05, 0) is 43.5 Å². The van der Waals surface area contributed by atoms with Crippen LogP contribution in [0.5, 0.6) is 5.75 Å². The normalized spacial score (nSPS) is 10.3. The molecule has 0 fully saturated rings. The first-order chi connectivity index (χ1) is 9.69. The van der Waals surface area contributed by atoms with Crippen LogP contribution in [0.15, 0.2) is 42.5 Å². The second-order valence-corrected chi connectivity index (χ2v) is 5.19. The molecule has 0 spiro atoms. The van der Waals surface area contributed by atoms with E-state index in [1.807, 2.05) is 6.07 Å². The number of hydrogen-bond acceptors (Lipinski definition) is 2. The van der Waals surface area contributed by atoms with Gasteiger partial charge in [-0.3, -0.25) is 0 Å². The maximum atomic E-state index is 5.79. The molecule has 0 aliphatic rings. The van der Waals surface area contributed by atoms with Crippen LogP contribution in [0, 0.1) is 13.8 Å². The van der Waals surface area contributed by atoms with Crippen molar-refractivity contribution in [2.75, 3.05) is 11.9 Å². The third-order valence-corrected chi connectivity index (χ3v) is 3.20. The van der Waals surface area contributed by atoms with Gasteiger partial charge < -0.3 is 10.1 Å². The molecule has 2 rings (SSSR count). The molecule has 0 saturated carbocycles. The first-order valence-corrected chi connectivity index (χ1v) is 7.22. The molecular weight excluding hydrogens is 246 g/mol. The zero-order valence-corrected chi connectivity index (χ0v) is 12.6. The summed E-state index contributed by atoms with van der Waals surface area (Å²) in [6, 6.07) is 14.9. The van der Waals surface area contributed by atoms with Crippen LogP contribution in [0.3, 0.4) is 0 Å². The Kier molecular flexibility index (Phi) is 5.05. The Hall–Kier alpha value is -1.96. The van der Waals surface area contributed by atoms with E-state index in [0.29, 0.717) is 0 Å². The van der Waals surface area contributed by atoms with E-state index >= 15 is 0 Å². The summed E-state index contributed by atoms with van der Waals surface area (Å²) in [6.45, 7) is 7.89. The van der Waals surface area contributed by atoms with Gasteiger partial charge in [0.15, 0.2) is 0 Å². The second kappa shape index (κ2) is 6.99. The molecule has 0 heterocycles. The van der Waals surface area contributed by atoms with Crippen molar-refractivity contribution in [1.29, 1.82) is 0 Å². The van der Waals surface area contributed by atoms with Crippen molar-refractivity contribution in [2.24, 2.45) is 0 Å². The monoisotopic (exact) mass is 269 g/mol. The highest BCUT2D eigenvalue weighted by Crippen LogP contribution is 2.26. The van der Waals surface area contributed by atoms with Gasteiger partial charge in [-0.1, -0.05) is 42.8 Å². The summed E-state index contributed by atoms with van der Waals surface area (Å²) in [5.74, 6) is 0.935. The van der Waals surface area contributed by atoms with Crippen molar-refractivity contribution in [3.63, 3.8) is 0 Å². The van der Waals surface area contributed by atoms with Gasteiger partial charge in [-0.2, -0.15) is 0 Å². The van der Waals surface area contributed by atoms with E-state index in [9.17, 15) is 0 Å². The lowest BCUT2D eigenvalue weighted by Gasteiger charge is -2.14. The van der Waals surface area contributed by atoms with Gasteiger partial charge in [0.1, 0.15) is 5.75 Å². The average molecular weight is 269 g/mol. The Morgan fingerprint density at radius 1 is 0.950 bits per heavy atom. The van der Waals surface area contributed by atoms with Crippen molar-refractivity contribution >= 4 is 5.69 Å². The van der Waals surface area contributed by atoms with Crippen LogP contribution in [0.4, 0.5) is 5.69 Å². The summed E-state index contributed by atoms with van der Waals surface area (Å²) in [4.78, 5) is 0. The van der Waals surface area contributed by atoms with Crippen LogP contribution in [-0.2, 0) is 6.54 Å². The molecule has 1 N–H and O–H groups in total. The van der Waals surface area contributed by atoms with E-state index in [-0.39, 0.29) is 0 Å². The number of aryl methyl sites for hydroxylation is 2. The number of ether oxygens (including phenoxy) is 1. The minimum Gasteiger partial charge on any atom is -0.491 e. The van der Waals surface area contributed by atoms with Crippen molar-refractivity contribution in [3.05, 3.63) is 59.2 Å². The topological polar surface area (TPSA) is 21.3 Å². The van der Waals surface area contributed by atoms with E-state index in [2.05, 4.69) is 62.5 Å². The molecule has 0 aliphatic heterocycles. The third kappa shape index (κ3) is 4.02. The minimum absolute atomic E-state index is 0.752. The standard InChI is InChI=1S/C18H23NO/c1-4-11-20-18-10-7-15(3)12-17(18)19-13-16-8-5-14(2)6-9-16/h5-10,12,19H,4,11,13H2,1-3H3. The Bertz CT molecular complexity index is 546. The summed E-state index contributed by atoms with van der Waals surface area (Å²) in [5, 5.41) is 3.47. The lowest BCUT2D eigenvalue weighted by atomic mass is 10.1. The molecule has 0 aliphatic carbocycles. The summed E-state index contributed by atoms with van der Waals surface area (Å²) in [6.07, 6.45) is 1.02. The largest absolute Gasteiger partial charge is 0.491 e. The van der Waals surface area contributed by atoms with Crippen LogP contribution in [-0.4, -0.2) is 6.61 Å². The van der Waals surface area contributed by atoms with Gasteiger partial charge in [0.05, 0.1) is 12.3 Å². The smallest absolute Gasteiger partial charge is 0.142 e. The molecule has 0 bridgehead atoms. The predicted octanol–water partition coefficient (Wildman–Crippen LogP) is 4.70. The SMILES string of the molecule is CCCOc1ccc(C)cc1NCc1ccc(C)cc1. The first kappa shape index (κ1) is 14.4. The summed E-state index contributed by atoms with van der Waals surface area (Å²) in [7, 11) is 0. The number of anilines is 1. The van der Waals surface area contributed by atoms with Crippen molar-refractivity contribution < 1.29 is 4.74 Å². The fourth-order valence-corrected chi connectivity index (χ4v) is 2.02. The van der Waals surface area contributed by atoms with Crippen molar-refractivity contribution in [1.82, 2.24) is 0 Å². The van der Waals surface area contributed by atoms with Crippen molar-refractivity contribution in [2.45, 2.75) is 33.7 Å². The molecule has 2 aromatic rings. The summed E-state index contributed by atoms with van der Waals surface area (Å²) >= 11 is 0. The Morgan fingerprint density at radius 2 is 1.65 bits per heavy atom. The van der Waals surface area contributed by atoms with E-state index in [1.165, 1.54) is 16.7 Å². The molecule has 0 saturated heterocycles. The molecule has 2 aromatic carbocycles. The predicted molar refractivity (Wildman–Crippen MR) is 85.5 cm³/mol. The van der Waals surface area contributed by atoms with Gasteiger partial charge in [-0.15, -0.1) is 0 Å². The van der Waals surface area contributed by atoms with Gasteiger partial charge in [0.2, 0.25) is 0 Å². The number of hydrogen-bond donors (Lipinski definition) is 1. The second-order valence-electron chi connectivity index (χ2n) is 5.19. The van der Waals surface area contributed by atoms with Gasteiger partial charge >= 0.3 is 0 Å². The number of nitrogens with one attached hydrogen (secondary N) is 1. The fraction of sp³-hybridized carbons (Fsp3) is 0.333. The van der Waals surface area contributed by atoms with Crippen LogP contribution in [0.2, 0.25) is 0 Å². The fourth-order valence-electron chi connectivity index (χ4n) is 2.02. The number of benzene rings is 2. The molecule has 106 valence electrons. The lowest BCUT2D eigenvalue weighted by Crippen LogP contribution is -2.04. The van der Waals surface area contributed by atoms with Crippen LogP contribution in [0.25, 0.3) is 0 Å². The third-order valence-electron chi connectivity index (χ3n) is 3.20. The van der Waals surface area contributed by atoms with Crippen LogP contribution < -0.4 is 10.1 Å². The van der Waals surface area contributed by atoms with E-state index in [0.717, 1.165) is 31.0 Å². The Labute approximate surface area is 121 Å². The average Bonchev–Trinajstić information content (AvgIpc) is 2.46. The van der Waals surface area contributed by atoms with Gasteiger partial charge in [0, 0.05) is 6.54 Å². The van der Waals surface area contributed by atoms with Gasteiger partial charge in [0.25, 0.3) is 0 Å². The summed E-state index contributed by atoms with van der Waals surface area (Å²) < 4.78 is 5.79. The minimum atomic E-state index is 0.752. The molecule has 0 amide bonds. The highest BCUT2D eigenvalue weighted by molar-refractivity contribution is 5.58. The van der Waals surface area contributed by atoms with Gasteiger partial charge in [-0.25, -0.2) is 0 Å². The van der Waals surface area contributed by atoms with Crippen LogP contribution >= 0.6 is 0 Å². The zero-order valence-electron chi connectivity index (χ0n) is 12.6. The zero-order chi connectivity index (χ0) is 14.4. The maximum absolute atomic E-state index is 5.79. The van der Waals surface area contributed by atoms with Crippen LogP contribution in [0.1, 0.15) is 30.0 Å².